The van der Waals surface area contributed by atoms with Crippen LogP contribution in [0.25, 0.3) is 0 Å². The fourth-order valence-corrected chi connectivity index (χ4v) is 2.59. The number of aryl methyl sites for hydroxylation is 2. The summed E-state index contributed by atoms with van der Waals surface area (Å²) >= 11 is 9.47. The molecule has 19 heavy (non-hydrogen) atoms. The molecule has 4 heteroatoms. The Bertz CT molecular complexity index is 586. The summed E-state index contributed by atoms with van der Waals surface area (Å²) in [7, 11) is 0. The third-order valence-corrected chi connectivity index (χ3v) is 3.92. The number of amides is 1. The number of hydrogen-bond acceptors (Lipinski definition) is 1. The van der Waals surface area contributed by atoms with E-state index in [9.17, 15) is 4.79 Å². The predicted molar refractivity (Wildman–Crippen MR) is 82.7 cm³/mol. The molecule has 2 nitrogen and oxygen atoms in total. The third-order valence-electron chi connectivity index (χ3n) is 2.91. The standard InChI is InChI=1S/C15H13BrClNO/c16-14-4-2-1-3-11(14)5-6-12-7-8-13(17)9-15(12)18-10-19/h1-4,7-10H,5-6H2,(H,18,19). The van der Waals surface area contributed by atoms with E-state index in [1.165, 1.54) is 5.56 Å². The Balaban J connectivity index is 2.15. The highest BCUT2D eigenvalue weighted by Crippen LogP contribution is 2.24. The Kier molecular flexibility index (Phi) is 5.00. The summed E-state index contributed by atoms with van der Waals surface area (Å²) in [6.07, 6.45) is 2.42. The maximum Gasteiger partial charge on any atom is 0.211 e. The van der Waals surface area contributed by atoms with Gasteiger partial charge in [-0.1, -0.05) is 51.8 Å². The summed E-state index contributed by atoms with van der Waals surface area (Å²) in [6.45, 7) is 0. The van der Waals surface area contributed by atoms with Gasteiger partial charge in [0.05, 0.1) is 0 Å². The van der Waals surface area contributed by atoms with E-state index in [2.05, 4.69) is 27.3 Å². The molecule has 0 aromatic heterocycles. The van der Waals surface area contributed by atoms with Gasteiger partial charge < -0.3 is 5.32 Å². The first-order valence-electron chi connectivity index (χ1n) is 5.92. The first kappa shape index (κ1) is 14.1. The number of halogens is 2. The van der Waals surface area contributed by atoms with E-state index in [0.717, 1.165) is 28.6 Å². The van der Waals surface area contributed by atoms with Gasteiger partial charge in [-0.25, -0.2) is 0 Å². The summed E-state index contributed by atoms with van der Waals surface area (Å²) < 4.78 is 1.11. The van der Waals surface area contributed by atoms with Crippen molar-refractivity contribution in [3.8, 4) is 0 Å². The monoisotopic (exact) mass is 337 g/mol. The first-order valence-corrected chi connectivity index (χ1v) is 7.10. The van der Waals surface area contributed by atoms with Gasteiger partial charge >= 0.3 is 0 Å². The zero-order valence-electron chi connectivity index (χ0n) is 10.2. The molecule has 0 unspecified atom stereocenters. The van der Waals surface area contributed by atoms with Crippen molar-refractivity contribution in [2.45, 2.75) is 12.8 Å². The lowest BCUT2D eigenvalue weighted by atomic mass is 10.0. The maximum absolute atomic E-state index is 10.6. The molecule has 1 N–H and O–H groups in total. The average Bonchev–Trinajstić information content (AvgIpc) is 2.40. The minimum Gasteiger partial charge on any atom is -0.328 e. The zero-order valence-corrected chi connectivity index (χ0v) is 12.5. The number of anilines is 1. The van der Waals surface area contributed by atoms with Crippen LogP contribution >= 0.6 is 27.5 Å². The molecular formula is C15H13BrClNO. The molecule has 0 fully saturated rings. The van der Waals surface area contributed by atoms with Crippen LogP contribution < -0.4 is 5.32 Å². The SMILES string of the molecule is O=CNc1cc(Cl)ccc1CCc1ccccc1Br. The van der Waals surface area contributed by atoms with Gasteiger partial charge in [-0.3, -0.25) is 4.79 Å². The van der Waals surface area contributed by atoms with Crippen LogP contribution in [0.1, 0.15) is 11.1 Å². The molecular weight excluding hydrogens is 326 g/mol. The van der Waals surface area contributed by atoms with Crippen molar-refractivity contribution < 1.29 is 4.79 Å². The smallest absolute Gasteiger partial charge is 0.211 e. The van der Waals surface area contributed by atoms with E-state index < -0.39 is 0 Å². The van der Waals surface area contributed by atoms with Crippen molar-refractivity contribution in [3.05, 3.63) is 63.1 Å². The normalized spacial score (nSPS) is 10.2. The maximum atomic E-state index is 10.6. The van der Waals surface area contributed by atoms with Gasteiger partial charge in [-0.2, -0.15) is 0 Å². The topological polar surface area (TPSA) is 29.1 Å². The van der Waals surface area contributed by atoms with Gasteiger partial charge in [-0.15, -0.1) is 0 Å². The number of nitrogens with one attached hydrogen (secondary N) is 1. The molecule has 0 saturated carbocycles. The van der Waals surface area contributed by atoms with Gasteiger partial charge in [-0.05, 0) is 42.2 Å². The molecule has 2 aromatic carbocycles. The van der Waals surface area contributed by atoms with Crippen LogP contribution in [0.3, 0.4) is 0 Å². The Hall–Kier alpha value is -1.32. The molecule has 1 amide bonds. The fourth-order valence-electron chi connectivity index (χ4n) is 1.94. The molecule has 0 spiro atoms. The van der Waals surface area contributed by atoms with Gasteiger partial charge in [0.2, 0.25) is 6.41 Å². The van der Waals surface area contributed by atoms with E-state index in [4.69, 9.17) is 11.6 Å². The Morgan fingerprint density at radius 3 is 2.58 bits per heavy atom. The van der Waals surface area contributed by atoms with E-state index in [1.54, 1.807) is 6.07 Å². The first-order chi connectivity index (χ1) is 9.20. The second kappa shape index (κ2) is 6.73. The Morgan fingerprint density at radius 1 is 1.11 bits per heavy atom. The summed E-state index contributed by atoms with van der Waals surface area (Å²) in [6, 6.07) is 13.7. The summed E-state index contributed by atoms with van der Waals surface area (Å²) in [5.41, 5.74) is 3.09. The van der Waals surface area contributed by atoms with Crippen molar-refractivity contribution in [1.82, 2.24) is 0 Å². The lowest BCUT2D eigenvalue weighted by molar-refractivity contribution is -0.105. The van der Waals surface area contributed by atoms with Gasteiger partial charge in [0.15, 0.2) is 0 Å². The summed E-state index contributed by atoms with van der Waals surface area (Å²) in [5, 5.41) is 3.31. The lowest BCUT2D eigenvalue weighted by Crippen LogP contribution is -2.01. The molecule has 0 aliphatic carbocycles. The molecule has 0 heterocycles. The molecule has 0 saturated heterocycles. The Labute approximate surface area is 125 Å². The second-order valence-corrected chi connectivity index (χ2v) is 5.45. The van der Waals surface area contributed by atoms with Crippen LogP contribution in [0.5, 0.6) is 0 Å². The molecule has 2 aromatic rings. The largest absolute Gasteiger partial charge is 0.328 e. The van der Waals surface area contributed by atoms with Crippen molar-refractivity contribution in [2.24, 2.45) is 0 Å². The van der Waals surface area contributed by atoms with Crippen molar-refractivity contribution in [2.75, 3.05) is 5.32 Å². The predicted octanol–water partition coefficient (Wildman–Crippen LogP) is 4.46. The van der Waals surface area contributed by atoms with Crippen LogP contribution in [-0.4, -0.2) is 6.41 Å². The number of carbonyl (C=O) groups excluding carboxylic acids is 1. The molecule has 2 rings (SSSR count). The highest BCUT2D eigenvalue weighted by Gasteiger charge is 2.05. The Morgan fingerprint density at radius 2 is 1.84 bits per heavy atom. The van der Waals surface area contributed by atoms with Gasteiger partial charge in [0.1, 0.15) is 0 Å². The fraction of sp³-hybridized carbons (Fsp3) is 0.133. The van der Waals surface area contributed by atoms with Gasteiger partial charge in [0.25, 0.3) is 0 Å². The van der Waals surface area contributed by atoms with E-state index >= 15 is 0 Å². The van der Waals surface area contributed by atoms with Crippen LogP contribution in [0.4, 0.5) is 5.69 Å². The van der Waals surface area contributed by atoms with Gasteiger partial charge in [0, 0.05) is 15.2 Å². The number of hydrogen-bond donors (Lipinski definition) is 1. The zero-order chi connectivity index (χ0) is 13.7. The lowest BCUT2D eigenvalue weighted by Gasteiger charge is -2.10. The molecule has 0 atom stereocenters. The highest BCUT2D eigenvalue weighted by molar-refractivity contribution is 9.10. The average molecular weight is 339 g/mol. The molecule has 0 aliphatic rings. The van der Waals surface area contributed by atoms with Crippen LogP contribution in [0, 0.1) is 0 Å². The van der Waals surface area contributed by atoms with E-state index in [0.29, 0.717) is 11.4 Å². The molecule has 0 radical (unpaired) electrons. The minimum absolute atomic E-state index is 0.619. The van der Waals surface area contributed by atoms with Crippen molar-refractivity contribution >= 4 is 39.6 Å². The number of benzene rings is 2. The second-order valence-electron chi connectivity index (χ2n) is 4.16. The molecule has 0 bridgehead atoms. The quantitative estimate of drug-likeness (QED) is 0.801. The minimum atomic E-state index is 0.619. The van der Waals surface area contributed by atoms with Crippen LogP contribution in [-0.2, 0) is 17.6 Å². The highest BCUT2D eigenvalue weighted by atomic mass is 79.9. The number of rotatable bonds is 5. The summed E-state index contributed by atoms with van der Waals surface area (Å²) in [4.78, 5) is 10.6. The number of carbonyl (C=O) groups is 1. The van der Waals surface area contributed by atoms with E-state index in [1.807, 2.05) is 30.3 Å². The third kappa shape index (κ3) is 3.82. The molecule has 98 valence electrons. The van der Waals surface area contributed by atoms with Crippen LogP contribution in [0.2, 0.25) is 5.02 Å². The van der Waals surface area contributed by atoms with Crippen molar-refractivity contribution in [3.63, 3.8) is 0 Å². The molecule has 0 aliphatic heterocycles. The van der Waals surface area contributed by atoms with E-state index in [-0.39, 0.29) is 0 Å². The van der Waals surface area contributed by atoms with Crippen molar-refractivity contribution in [1.29, 1.82) is 0 Å². The summed E-state index contributed by atoms with van der Waals surface area (Å²) in [5.74, 6) is 0. The van der Waals surface area contributed by atoms with Crippen LogP contribution in [0.15, 0.2) is 46.9 Å².